The van der Waals surface area contributed by atoms with Gasteiger partial charge in [0.05, 0.1) is 16.2 Å². The largest absolute Gasteiger partial charge is 0.462 e. The quantitative estimate of drug-likeness (QED) is 0.0422. The maximum absolute atomic E-state index is 13.0. The van der Waals surface area contributed by atoms with Crippen LogP contribution in [0.1, 0.15) is 332 Å². The lowest BCUT2D eigenvalue weighted by molar-refractivity contribution is -0.236. The number of hydrogen-bond donors (Lipinski definition) is 0. The Bertz CT molecular complexity index is 2320. The molecule has 0 radical (unpaired) electrons. The minimum Gasteiger partial charge on any atom is -0.462 e. The third-order valence-electron chi connectivity index (χ3n) is 20.0. The molecule has 0 heterocycles. The Morgan fingerprint density at radius 2 is 0.689 bits per heavy atom. The molecule has 2 rings (SSSR count). The predicted molar refractivity (Wildman–Crippen MR) is 440 cm³/mol. The van der Waals surface area contributed by atoms with Crippen molar-refractivity contribution in [3.8, 4) is 0 Å². The van der Waals surface area contributed by atoms with Crippen LogP contribution in [0.2, 0.25) is 77.1 Å². The fourth-order valence-electron chi connectivity index (χ4n) is 10.3. The number of alkyl halides is 9. The monoisotopic (exact) mass is 1600 g/mol. The molecule has 0 spiro atoms. The van der Waals surface area contributed by atoms with Gasteiger partial charge in [-0.2, -0.15) is 39.5 Å². The van der Waals surface area contributed by atoms with Crippen molar-refractivity contribution < 1.29 is 87.2 Å². The zero-order chi connectivity index (χ0) is 84.5. The van der Waals surface area contributed by atoms with Crippen LogP contribution in [0.15, 0.2) is 0 Å². The highest BCUT2D eigenvalue weighted by Crippen LogP contribution is 2.46. The Morgan fingerprint density at radius 3 is 0.915 bits per heavy atom. The van der Waals surface area contributed by atoms with Gasteiger partial charge in [0.1, 0.15) is 22.9 Å². The van der Waals surface area contributed by atoms with E-state index in [0.29, 0.717) is 25.2 Å². The number of esters is 5. The van der Waals surface area contributed by atoms with Gasteiger partial charge in [0, 0.05) is 24.2 Å². The van der Waals surface area contributed by atoms with Gasteiger partial charge in [0.15, 0.2) is 16.9 Å². The van der Waals surface area contributed by atoms with E-state index >= 15 is 0 Å². The van der Waals surface area contributed by atoms with Crippen LogP contribution in [-0.4, -0.2) is 102 Å². The minimum absolute atomic E-state index is 0. The highest BCUT2D eigenvalue weighted by molar-refractivity contribution is 6.76. The molecule has 0 aromatic carbocycles. The van der Waals surface area contributed by atoms with E-state index in [9.17, 15) is 63.5 Å². The molecule has 0 aliphatic heterocycles. The lowest BCUT2D eigenvalue weighted by Gasteiger charge is -2.38. The number of rotatable bonds is 23. The Hall–Kier alpha value is -2.63. The van der Waals surface area contributed by atoms with Gasteiger partial charge >= 0.3 is 48.4 Å². The second-order valence-electron chi connectivity index (χ2n) is 38.9. The van der Waals surface area contributed by atoms with Gasteiger partial charge in [-0.25, -0.2) is 0 Å². The van der Waals surface area contributed by atoms with E-state index in [1.165, 1.54) is 84.9 Å². The summed E-state index contributed by atoms with van der Waals surface area (Å²) in [7, 11) is -2.22. The van der Waals surface area contributed by atoms with Crippen molar-refractivity contribution >= 4 is 54.1 Å². The van der Waals surface area contributed by atoms with E-state index in [4.69, 9.17) is 18.9 Å². The molecule has 642 valence electrons. The molecule has 0 aromatic heterocycles. The molecule has 2 fully saturated rings. The van der Waals surface area contributed by atoms with Gasteiger partial charge in [0.2, 0.25) is 0 Å². The SMILES string of the molecule is C.C.CCC(C)(C(=O)OC(C)(C)C)C(F)(F)F.CCC(C)(C(=O)OC1CCC(C(C)(C)C)CC1)C(F)(F)F.CCC(C)(C)C(=O)OC(C)(C)C.CCC(C)(C)C(=O)OC(C)C(F)(F)F.CCC(C)C[Si](C)(C)C.CCC(C)C[Si](C)(C)C.CCC(C)C[Si](C)(C)C.CCC1(OC(=O)C(C)(C)CC)CCCC1. The molecule has 6 unspecified atom stereocenters. The second-order valence-corrected chi connectivity index (χ2v) is 55.5. The molecule has 0 saturated heterocycles. The summed E-state index contributed by atoms with van der Waals surface area (Å²) in [5.74, 6) is 0.107. The van der Waals surface area contributed by atoms with Gasteiger partial charge in [-0.3, -0.25) is 24.0 Å². The first-order valence-electron chi connectivity index (χ1n) is 39.3. The van der Waals surface area contributed by atoms with Crippen molar-refractivity contribution in [3.63, 3.8) is 0 Å². The summed E-state index contributed by atoms with van der Waals surface area (Å²) < 4.78 is 138. The molecule has 2 aliphatic rings. The summed E-state index contributed by atoms with van der Waals surface area (Å²) in [6.45, 7) is 76.7. The van der Waals surface area contributed by atoms with Crippen LogP contribution in [0.25, 0.3) is 0 Å². The average molecular weight is 1600 g/mol. The first-order chi connectivity index (χ1) is 46.0. The summed E-state index contributed by atoms with van der Waals surface area (Å²) in [5, 5.41) is 0. The molecule has 2 saturated carbocycles. The van der Waals surface area contributed by atoms with Crippen LogP contribution < -0.4 is 0 Å². The first kappa shape index (κ1) is 119. The molecule has 106 heavy (non-hydrogen) atoms. The van der Waals surface area contributed by atoms with E-state index in [2.05, 4.69) is 133 Å². The molecule has 2 aliphatic carbocycles. The molecule has 0 N–H and O–H groups in total. The van der Waals surface area contributed by atoms with Gasteiger partial charge in [-0.1, -0.05) is 215 Å². The molecular weight excluding hydrogens is 1420 g/mol. The molecule has 0 aromatic rings. The van der Waals surface area contributed by atoms with E-state index in [1.807, 2.05) is 62.3 Å². The molecule has 6 atom stereocenters. The van der Waals surface area contributed by atoms with E-state index in [1.54, 1.807) is 20.8 Å². The average Bonchev–Trinajstić information content (AvgIpc) is 0.953. The van der Waals surface area contributed by atoms with Crippen LogP contribution in [0.3, 0.4) is 0 Å². The zero-order valence-corrected chi connectivity index (χ0v) is 77.1. The Morgan fingerprint density at radius 1 is 0.406 bits per heavy atom. The summed E-state index contributed by atoms with van der Waals surface area (Å²) in [6.07, 6.45) is -1.95. The number of halogens is 9. The van der Waals surface area contributed by atoms with Gasteiger partial charge in [-0.15, -0.1) is 0 Å². The van der Waals surface area contributed by atoms with Crippen molar-refractivity contribution in [2.45, 2.75) is 456 Å². The topological polar surface area (TPSA) is 132 Å². The Labute approximate surface area is 650 Å². The number of carbonyl (C=O) groups excluding carboxylic acids is 5. The van der Waals surface area contributed by atoms with Crippen molar-refractivity contribution in [1.29, 1.82) is 0 Å². The fourth-order valence-corrected chi connectivity index (χ4v) is 17.5. The first-order valence-corrected chi connectivity index (χ1v) is 50.4. The summed E-state index contributed by atoms with van der Waals surface area (Å²) >= 11 is 0. The highest BCUT2D eigenvalue weighted by Gasteiger charge is 2.58. The third-order valence-corrected chi connectivity index (χ3v) is 25.8. The number of carbonyl (C=O) groups is 5. The predicted octanol–water partition coefficient (Wildman–Crippen LogP) is 29.2. The van der Waals surface area contributed by atoms with E-state index in [0.717, 1.165) is 83.5 Å². The molecule has 0 amide bonds. The highest BCUT2D eigenvalue weighted by atomic mass is 28.3. The van der Waals surface area contributed by atoms with Crippen LogP contribution >= 0.6 is 0 Å². The fraction of sp³-hybridized carbons (Fsp3) is 0.940. The Kier molecular flexibility index (Phi) is 55.9. The van der Waals surface area contributed by atoms with Crippen LogP contribution in [0.5, 0.6) is 0 Å². The van der Waals surface area contributed by atoms with Crippen LogP contribution in [0.4, 0.5) is 39.5 Å². The normalized spacial score (nSPS) is 18.1. The number of hydrogen-bond acceptors (Lipinski definition) is 10. The van der Waals surface area contributed by atoms with Crippen molar-refractivity contribution in [1.82, 2.24) is 0 Å². The molecule has 10 nitrogen and oxygen atoms in total. The maximum atomic E-state index is 13.0. The summed E-state index contributed by atoms with van der Waals surface area (Å²) in [5.41, 5.74) is -7.57. The summed E-state index contributed by atoms with van der Waals surface area (Å²) in [6, 6.07) is 4.47. The van der Waals surface area contributed by atoms with E-state index < -0.39 is 88.6 Å². The van der Waals surface area contributed by atoms with Crippen molar-refractivity contribution in [2.75, 3.05) is 0 Å². The van der Waals surface area contributed by atoms with Gasteiger partial charge in [0.25, 0.3) is 0 Å². The molecule has 0 bridgehead atoms. The lowest BCUT2D eigenvalue weighted by atomic mass is 9.72. The second kappa shape index (κ2) is 49.8. The minimum atomic E-state index is -4.58. The lowest BCUT2D eigenvalue weighted by Crippen LogP contribution is -2.45. The third kappa shape index (κ3) is 53.3. The molecular formula is C84H171F9O10Si3. The Balaban J connectivity index is -0.000000175. The maximum Gasteiger partial charge on any atom is 0.425 e. The van der Waals surface area contributed by atoms with Crippen molar-refractivity contribution in [3.05, 3.63) is 0 Å². The van der Waals surface area contributed by atoms with Gasteiger partial charge < -0.3 is 23.7 Å². The smallest absolute Gasteiger partial charge is 0.425 e. The zero-order valence-electron chi connectivity index (χ0n) is 74.1. The van der Waals surface area contributed by atoms with Crippen LogP contribution in [-0.2, 0) is 47.7 Å². The van der Waals surface area contributed by atoms with Gasteiger partial charge in [-0.05, 0) is 223 Å². The van der Waals surface area contributed by atoms with Crippen LogP contribution in [0, 0.1) is 56.2 Å². The summed E-state index contributed by atoms with van der Waals surface area (Å²) in [4.78, 5) is 58.1. The van der Waals surface area contributed by atoms with Crippen molar-refractivity contribution in [2.24, 2.45) is 56.2 Å². The standard InChI is InChI=1S/C16H27F3O2.C13H24O2.C10H17F3O2.C10H20O2.C9H15F3O2.3C8H20Si.2CH4/c1-6-15(5,16(17,18)19)13(20)21-12-9-7-11(8-10-12)14(2,3)4;1-5-12(3,4)11(14)15-13(6-2)9-7-8-10-13;1-6-9(5,10(11,12)13)7(14)15-8(2,3)4;1-7-10(5,6)8(11)12-9(2,3)4;1-5-8(3,4)7(13)14-6(2)9(10,11)12;3*1-6-8(2)7-9(3,4)5;;/h11-12H,6-10H2,1-5H3;5-10H2,1-4H3;6H2,1-5H3;7H2,1-6H3;6H,5H2,1-4H3;3*8H,6-7H2,1-5H3;2*1H4. The van der Waals surface area contributed by atoms with E-state index in [-0.39, 0.29) is 73.2 Å². The molecule has 22 heteroatoms. The number of ether oxygens (including phenoxy) is 5.